The molecule has 20 heavy (non-hydrogen) atoms. The summed E-state index contributed by atoms with van der Waals surface area (Å²) in [5, 5.41) is 10.9. The molecule has 1 aromatic carbocycles. The Morgan fingerprint density at radius 1 is 1.20 bits per heavy atom. The summed E-state index contributed by atoms with van der Waals surface area (Å²) in [5.74, 6) is 0. The average molecular weight is 314 g/mol. The third-order valence-corrected chi connectivity index (χ3v) is 3.84. The normalized spacial score (nSPS) is 12.8. The van der Waals surface area contributed by atoms with Crippen LogP contribution in [0.3, 0.4) is 0 Å². The van der Waals surface area contributed by atoms with E-state index in [4.69, 9.17) is 16.9 Å². The van der Waals surface area contributed by atoms with E-state index in [0.29, 0.717) is 4.88 Å². The van der Waals surface area contributed by atoms with Crippen molar-refractivity contribution in [2.24, 2.45) is 0 Å². The average Bonchev–Trinajstić information content (AvgIpc) is 2.92. The lowest BCUT2D eigenvalue weighted by molar-refractivity contribution is -0.137. The van der Waals surface area contributed by atoms with Crippen LogP contribution in [-0.4, -0.2) is 0 Å². The molecule has 0 saturated heterocycles. The number of alkyl halides is 3. The maximum absolute atomic E-state index is 12.7. The Morgan fingerprint density at radius 3 is 2.50 bits per heavy atom. The Hall–Kier alpha value is -1.77. The lowest BCUT2D eigenvalue weighted by atomic mass is 10.1. The maximum atomic E-state index is 12.7. The van der Waals surface area contributed by atoms with Gasteiger partial charge in [0.1, 0.15) is 6.07 Å². The Bertz CT molecular complexity index is 681. The third-order valence-electron chi connectivity index (χ3n) is 2.54. The van der Waals surface area contributed by atoms with Gasteiger partial charge in [-0.3, -0.25) is 0 Å². The van der Waals surface area contributed by atoms with Gasteiger partial charge in [-0.2, -0.15) is 18.4 Å². The van der Waals surface area contributed by atoms with Gasteiger partial charge in [0.2, 0.25) is 0 Å². The van der Waals surface area contributed by atoms with E-state index in [1.165, 1.54) is 23.5 Å². The Labute approximate surface area is 122 Å². The molecule has 6 heteroatoms. The largest absolute Gasteiger partial charge is 0.416 e. The molecule has 0 saturated carbocycles. The quantitative estimate of drug-likeness (QED) is 0.681. The van der Waals surface area contributed by atoms with Crippen LogP contribution in [-0.2, 0) is 6.18 Å². The molecule has 0 fully saturated rings. The van der Waals surface area contributed by atoms with Crippen molar-refractivity contribution in [3.63, 3.8) is 0 Å². The number of benzene rings is 1. The van der Waals surface area contributed by atoms with E-state index in [1.54, 1.807) is 17.5 Å². The second kappa shape index (κ2) is 5.70. The fraction of sp³-hybridized carbons (Fsp3) is 0.0714. The standard InChI is InChI=1S/C14H7ClF3NS/c15-13(11(8-19)12-5-2-6-20-12)9-3-1-4-10(7-9)14(16,17)18/h1-7H. The molecule has 2 aromatic rings. The number of nitrogens with zero attached hydrogens (tertiary/aromatic N) is 1. The van der Waals surface area contributed by atoms with Crippen LogP contribution >= 0.6 is 22.9 Å². The minimum Gasteiger partial charge on any atom is -0.192 e. The van der Waals surface area contributed by atoms with Crippen molar-refractivity contribution in [2.45, 2.75) is 6.18 Å². The predicted octanol–water partition coefficient (Wildman–Crippen LogP) is 5.40. The molecular formula is C14H7ClF3NS. The van der Waals surface area contributed by atoms with Gasteiger partial charge in [0.05, 0.1) is 16.2 Å². The highest BCUT2D eigenvalue weighted by atomic mass is 35.5. The van der Waals surface area contributed by atoms with Crippen molar-refractivity contribution >= 4 is 33.5 Å². The van der Waals surface area contributed by atoms with Crippen LogP contribution < -0.4 is 0 Å². The smallest absolute Gasteiger partial charge is 0.192 e. The van der Waals surface area contributed by atoms with E-state index in [-0.39, 0.29) is 16.2 Å². The van der Waals surface area contributed by atoms with Gasteiger partial charge >= 0.3 is 6.18 Å². The zero-order valence-corrected chi connectivity index (χ0v) is 11.5. The number of hydrogen-bond acceptors (Lipinski definition) is 2. The van der Waals surface area contributed by atoms with E-state index in [0.717, 1.165) is 12.1 Å². The first-order valence-corrected chi connectivity index (χ1v) is 6.70. The fourth-order valence-corrected chi connectivity index (χ4v) is 2.65. The van der Waals surface area contributed by atoms with Crippen molar-refractivity contribution in [3.8, 4) is 6.07 Å². The molecule has 102 valence electrons. The third kappa shape index (κ3) is 3.03. The van der Waals surface area contributed by atoms with Gasteiger partial charge in [0.15, 0.2) is 0 Å². The first-order chi connectivity index (χ1) is 9.43. The summed E-state index contributed by atoms with van der Waals surface area (Å²) < 4.78 is 38.0. The molecule has 0 bridgehead atoms. The highest BCUT2D eigenvalue weighted by Crippen LogP contribution is 2.35. The molecule has 0 N–H and O–H groups in total. The molecule has 1 heterocycles. The molecule has 0 atom stereocenters. The monoisotopic (exact) mass is 313 g/mol. The zero-order valence-electron chi connectivity index (χ0n) is 9.91. The molecule has 1 aromatic heterocycles. The number of halogens is 4. The fourth-order valence-electron chi connectivity index (χ4n) is 1.61. The Kier molecular flexibility index (Phi) is 4.17. The molecule has 0 aliphatic rings. The summed E-state index contributed by atoms with van der Waals surface area (Å²) in [6.45, 7) is 0. The van der Waals surface area contributed by atoms with E-state index >= 15 is 0 Å². The SMILES string of the molecule is N#CC(=C(Cl)c1cccc(C(F)(F)F)c1)c1cccs1. The zero-order chi connectivity index (χ0) is 14.8. The number of hydrogen-bond donors (Lipinski definition) is 0. The van der Waals surface area contributed by atoms with Crippen LogP contribution in [0.4, 0.5) is 13.2 Å². The van der Waals surface area contributed by atoms with E-state index in [2.05, 4.69) is 0 Å². The van der Waals surface area contributed by atoms with Crippen molar-refractivity contribution in [1.82, 2.24) is 0 Å². The van der Waals surface area contributed by atoms with Crippen molar-refractivity contribution < 1.29 is 13.2 Å². The van der Waals surface area contributed by atoms with Gasteiger partial charge in [0, 0.05) is 4.88 Å². The van der Waals surface area contributed by atoms with E-state index in [1.807, 2.05) is 6.07 Å². The Morgan fingerprint density at radius 2 is 1.95 bits per heavy atom. The first-order valence-electron chi connectivity index (χ1n) is 5.45. The topological polar surface area (TPSA) is 23.8 Å². The van der Waals surface area contributed by atoms with Crippen LogP contribution in [0.2, 0.25) is 0 Å². The van der Waals surface area contributed by atoms with Crippen LogP contribution in [0.15, 0.2) is 41.8 Å². The molecule has 0 spiro atoms. The lowest BCUT2D eigenvalue weighted by Gasteiger charge is -2.09. The highest BCUT2D eigenvalue weighted by molar-refractivity contribution is 7.11. The van der Waals surface area contributed by atoms with Crippen molar-refractivity contribution in [1.29, 1.82) is 5.26 Å². The van der Waals surface area contributed by atoms with Crippen LogP contribution in [0.1, 0.15) is 16.0 Å². The summed E-state index contributed by atoms with van der Waals surface area (Å²) in [4.78, 5) is 0.620. The highest BCUT2D eigenvalue weighted by Gasteiger charge is 2.30. The second-order valence-electron chi connectivity index (χ2n) is 3.86. The molecule has 1 nitrogen and oxygen atoms in total. The van der Waals surface area contributed by atoms with Gasteiger partial charge in [0.25, 0.3) is 0 Å². The van der Waals surface area contributed by atoms with Crippen LogP contribution in [0.5, 0.6) is 0 Å². The summed E-state index contributed by atoms with van der Waals surface area (Å²) in [6.07, 6.45) is -4.44. The summed E-state index contributed by atoms with van der Waals surface area (Å²) in [5.41, 5.74) is -0.455. The van der Waals surface area contributed by atoms with Crippen LogP contribution in [0.25, 0.3) is 10.6 Å². The van der Waals surface area contributed by atoms with Gasteiger partial charge in [-0.1, -0.05) is 29.8 Å². The molecule has 2 rings (SSSR count). The molecule has 0 amide bonds. The molecule has 0 aliphatic heterocycles. The number of rotatable bonds is 2. The molecule has 0 radical (unpaired) electrons. The minimum atomic E-state index is -4.44. The number of thiophene rings is 1. The van der Waals surface area contributed by atoms with E-state index in [9.17, 15) is 13.2 Å². The summed E-state index contributed by atoms with van der Waals surface area (Å²) in [7, 11) is 0. The van der Waals surface area contributed by atoms with Crippen molar-refractivity contribution in [3.05, 3.63) is 57.8 Å². The maximum Gasteiger partial charge on any atom is 0.416 e. The molecular weight excluding hydrogens is 307 g/mol. The number of nitriles is 1. The Balaban J connectivity index is 2.53. The van der Waals surface area contributed by atoms with E-state index < -0.39 is 11.7 Å². The molecule has 0 unspecified atom stereocenters. The lowest BCUT2D eigenvalue weighted by Crippen LogP contribution is -2.04. The summed E-state index contributed by atoms with van der Waals surface area (Å²) in [6, 6.07) is 9.99. The second-order valence-corrected chi connectivity index (χ2v) is 5.18. The van der Waals surface area contributed by atoms with Gasteiger partial charge < -0.3 is 0 Å². The minimum absolute atomic E-state index is 0.0149. The molecule has 0 aliphatic carbocycles. The van der Waals surface area contributed by atoms with Crippen LogP contribution in [0, 0.1) is 11.3 Å². The van der Waals surface area contributed by atoms with Gasteiger partial charge in [-0.05, 0) is 29.1 Å². The van der Waals surface area contributed by atoms with Gasteiger partial charge in [-0.15, -0.1) is 11.3 Å². The van der Waals surface area contributed by atoms with Crippen molar-refractivity contribution in [2.75, 3.05) is 0 Å². The summed E-state index contributed by atoms with van der Waals surface area (Å²) >= 11 is 7.38. The van der Waals surface area contributed by atoms with Gasteiger partial charge in [-0.25, -0.2) is 0 Å². The predicted molar refractivity (Wildman–Crippen MR) is 74.0 cm³/mol. The number of allylic oxidation sites excluding steroid dienone is 1. The first kappa shape index (κ1) is 14.6.